The smallest absolute Gasteiger partial charge is 0.328 e. The highest BCUT2D eigenvalue weighted by molar-refractivity contribution is 7.94. The molecule has 1 aromatic heterocycles. The molecule has 2 N–H and O–H groups in total. The van der Waals surface area contributed by atoms with Crippen LogP contribution < -0.4 is 0 Å². The lowest BCUT2D eigenvalue weighted by atomic mass is 9.89. The van der Waals surface area contributed by atoms with Crippen molar-refractivity contribution in [1.29, 1.82) is 0 Å². The van der Waals surface area contributed by atoms with E-state index in [0.29, 0.717) is 0 Å². The summed E-state index contributed by atoms with van der Waals surface area (Å²) in [5.41, 5.74) is -0.0424. The molecule has 2 fully saturated rings. The molecule has 0 saturated carbocycles. The number of fused-ring (bicyclic) bond motifs is 1. The fourth-order valence-corrected chi connectivity index (χ4v) is 5.48. The molecule has 0 aromatic carbocycles. The summed E-state index contributed by atoms with van der Waals surface area (Å²) in [4.78, 5) is 28.5. The summed E-state index contributed by atoms with van der Waals surface area (Å²) in [6.45, 7) is 2.59. The van der Waals surface area contributed by atoms with E-state index < -0.39 is 43.8 Å². The van der Waals surface area contributed by atoms with E-state index in [4.69, 9.17) is 0 Å². The fourth-order valence-electron chi connectivity index (χ4n) is 3.21. The molecule has 0 radical (unpaired) electrons. The molecular formula is C13H14N2O6S. The number of aromatic hydroxyl groups is 1. The molecule has 0 spiro atoms. The minimum Gasteiger partial charge on any atom is -0.506 e. The third-order valence-corrected chi connectivity index (χ3v) is 7.24. The maximum Gasteiger partial charge on any atom is 0.328 e. The van der Waals surface area contributed by atoms with Crippen LogP contribution in [0.2, 0.25) is 0 Å². The van der Waals surface area contributed by atoms with Gasteiger partial charge in [-0.1, -0.05) is 0 Å². The van der Waals surface area contributed by atoms with Crippen molar-refractivity contribution < 1.29 is 28.2 Å². The molecular weight excluding hydrogens is 312 g/mol. The lowest BCUT2D eigenvalue weighted by Crippen LogP contribution is -2.62. The molecule has 22 heavy (non-hydrogen) atoms. The zero-order chi connectivity index (χ0) is 16.4. The van der Waals surface area contributed by atoms with Gasteiger partial charge in [0.15, 0.2) is 15.2 Å². The first-order valence-electron chi connectivity index (χ1n) is 6.54. The number of aromatic nitrogens is 1. The summed E-state index contributed by atoms with van der Waals surface area (Å²) in [5.74, 6) is -3.48. The molecule has 0 bridgehead atoms. The maximum absolute atomic E-state index is 12.7. The summed E-state index contributed by atoms with van der Waals surface area (Å²) in [6.07, 6.45) is 1.34. The molecule has 9 heteroatoms. The molecule has 0 aliphatic carbocycles. The van der Waals surface area contributed by atoms with Crippen LogP contribution in [-0.2, 0) is 19.4 Å². The normalized spacial score (nSPS) is 31.5. The topological polar surface area (TPSA) is 125 Å². The number of carbonyl (C=O) groups excluding carboxylic acids is 1. The van der Waals surface area contributed by atoms with Crippen LogP contribution in [0.3, 0.4) is 0 Å². The Bertz CT molecular complexity index is 787. The van der Waals surface area contributed by atoms with Gasteiger partial charge < -0.3 is 15.1 Å². The largest absolute Gasteiger partial charge is 0.506 e. The molecule has 1 amide bonds. The second kappa shape index (κ2) is 4.19. The molecule has 118 valence electrons. The number of carboxylic acids is 1. The Kier molecular flexibility index (Phi) is 2.81. The number of sulfone groups is 1. The molecule has 1 unspecified atom stereocenters. The molecule has 2 saturated heterocycles. The molecule has 3 atom stereocenters. The Morgan fingerprint density at radius 2 is 2.05 bits per heavy atom. The monoisotopic (exact) mass is 326 g/mol. The van der Waals surface area contributed by atoms with E-state index in [9.17, 15) is 28.2 Å². The number of nitrogens with zero attached hydrogens (tertiary/aromatic N) is 2. The maximum atomic E-state index is 12.7. The van der Waals surface area contributed by atoms with Gasteiger partial charge in [-0.25, -0.2) is 13.2 Å². The van der Waals surface area contributed by atoms with Gasteiger partial charge in [-0.15, -0.1) is 0 Å². The van der Waals surface area contributed by atoms with E-state index in [1.54, 1.807) is 0 Å². The van der Waals surface area contributed by atoms with Crippen LogP contribution in [-0.4, -0.2) is 56.6 Å². The lowest BCUT2D eigenvalue weighted by Gasteiger charge is -2.42. The third-order valence-electron chi connectivity index (χ3n) is 4.41. The number of hydrogen-bond donors (Lipinski definition) is 2. The number of aliphatic carboxylic acids is 1. The van der Waals surface area contributed by atoms with Gasteiger partial charge in [0.1, 0.15) is 17.7 Å². The standard InChI is InChI=1S/C13H14N2O6S/c1-13(2)9(12(18)19)15-10(17)7(11(15)22(13,20)21)8-6(16)4-3-5-14-8/h3-5,7,9,11,16H,1-2H3,(H,18,19)/t7?,9-,11+/m0/s1. The molecule has 8 nitrogen and oxygen atoms in total. The van der Waals surface area contributed by atoms with Gasteiger partial charge >= 0.3 is 5.97 Å². The van der Waals surface area contributed by atoms with E-state index in [1.807, 2.05) is 0 Å². The summed E-state index contributed by atoms with van der Waals surface area (Å²) in [5, 5.41) is 17.8. The predicted molar refractivity (Wildman–Crippen MR) is 73.7 cm³/mol. The molecule has 3 rings (SSSR count). The van der Waals surface area contributed by atoms with Gasteiger partial charge in [-0.05, 0) is 26.0 Å². The second-order valence-corrected chi connectivity index (χ2v) is 8.54. The Labute approximate surface area is 126 Å². The summed E-state index contributed by atoms with van der Waals surface area (Å²) < 4.78 is 23.7. The van der Waals surface area contributed by atoms with Crippen molar-refractivity contribution >= 4 is 21.7 Å². The van der Waals surface area contributed by atoms with E-state index in [0.717, 1.165) is 4.90 Å². The van der Waals surface area contributed by atoms with Crippen molar-refractivity contribution in [3.63, 3.8) is 0 Å². The van der Waals surface area contributed by atoms with Crippen molar-refractivity contribution in [3.05, 3.63) is 24.0 Å². The van der Waals surface area contributed by atoms with Gasteiger partial charge in [-0.3, -0.25) is 9.78 Å². The highest BCUT2D eigenvalue weighted by Crippen LogP contribution is 2.52. The van der Waals surface area contributed by atoms with Crippen molar-refractivity contribution in [1.82, 2.24) is 9.88 Å². The molecule has 2 aliphatic rings. The van der Waals surface area contributed by atoms with Crippen molar-refractivity contribution in [2.24, 2.45) is 0 Å². The highest BCUT2D eigenvalue weighted by Gasteiger charge is 2.72. The average Bonchev–Trinajstić information content (AvgIpc) is 2.55. The number of amides is 1. The Morgan fingerprint density at radius 1 is 1.41 bits per heavy atom. The van der Waals surface area contributed by atoms with Crippen molar-refractivity contribution in [2.45, 2.75) is 35.9 Å². The number of pyridine rings is 1. The molecule has 3 heterocycles. The SMILES string of the molecule is CC1(C)[C@H](C(=O)O)N2C(=O)C(c3ncccc3O)[C@H]2S1(=O)=O. The summed E-state index contributed by atoms with van der Waals surface area (Å²) >= 11 is 0. The summed E-state index contributed by atoms with van der Waals surface area (Å²) in [7, 11) is -3.93. The Morgan fingerprint density at radius 3 is 2.59 bits per heavy atom. The number of rotatable bonds is 2. The minimum atomic E-state index is -3.93. The zero-order valence-electron chi connectivity index (χ0n) is 11.8. The van der Waals surface area contributed by atoms with Crippen LogP contribution in [0.15, 0.2) is 18.3 Å². The van der Waals surface area contributed by atoms with E-state index in [-0.39, 0.29) is 11.4 Å². The third kappa shape index (κ3) is 1.51. The average molecular weight is 326 g/mol. The van der Waals surface area contributed by atoms with Crippen LogP contribution in [0.1, 0.15) is 25.5 Å². The highest BCUT2D eigenvalue weighted by atomic mass is 32.2. The van der Waals surface area contributed by atoms with Crippen LogP contribution in [0.4, 0.5) is 0 Å². The number of hydrogen-bond acceptors (Lipinski definition) is 6. The van der Waals surface area contributed by atoms with Gasteiger partial charge in [0, 0.05) is 6.20 Å². The number of carbonyl (C=O) groups is 2. The van der Waals surface area contributed by atoms with Crippen LogP contribution in [0.25, 0.3) is 0 Å². The van der Waals surface area contributed by atoms with E-state index in [2.05, 4.69) is 4.98 Å². The first kappa shape index (κ1) is 14.8. The number of carboxylic acid groups (broad SMARTS) is 1. The van der Waals surface area contributed by atoms with Crippen molar-refractivity contribution in [3.8, 4) is 5.75 Å². The van der Waals surface area contributed by atoms with Crippen LogP contribution in [0.5, 0.6) is 5.75 Å². The zero-order valence-corrected chi connectivity index (χ0v) is 12.6. The quantitative estimate of drug-likeness (QED) is 0.715. The van der Waals surface area contributed by atoms with Gasteiger partial charge in [0.2, 0.25) is 5.91 Å². The van der Waals surface area contributed by atoms with E-state index in [1.165, 1.54) is 32.2 Å². The minimum absolute atomic E-state index is 0.0424. The molecule has 2 aliphatic heterocycles. The van der Waals surface area contributed by atoms with Crippen molar-refractivity contribution in [2.75, 3.05) is 0 Å². The first-order chi connectivity index (χ1) is 10.1. The first-order valence-corrected chi connectivity index (χ1v) is 8.09. The molecule has 1 aromatic rings. The van der Waals surface area contributed by atoms with Crippen LogP contribution in [0, 0.1) is 0 Å². The van der Waals surface area contributed by atoms with Gasteiger partial charge in [0.05, 0.1) is 10.4 Å². The van der Waals surface area contributed by atoms with Gasteiger partial charge in [0.25, 0.3) is 0 Å². The second-order valence-electron chi connectivity index (χ2n) is 5.91. The van der Waals surface area contributed by atoms with Gasteiger partial charge in [-0.2, -0.15) is 0 Å². The number of β-lactam (4-membered cyclic amide) rings is 1. The fraction of sp³-hybridized carbons (Fsp3) is 0.462. The Hall–Kier alpha value is -2.16. The predicted octanol–water partition coefficient (Wildman–Crippen LogP) is -0.301. The Balaban J connectivity index is 2.15. The van der Waals surface area contributed by atoms with E-state index >= 15 is 0 Å². The lowest BCUT2D eigenvalue weighted by molar-refractivity contribution is -0.159. The summed E-state index contributed by atoms with van der Waals surface area (Å²) in [6, 6.07) is 1.31. The van der Waals surface area contributed by atoms with Crippen LogP contribution >= 0.6 is 0 Å².